The molecule has 4 heteroatoms. The Labute approximate surface area is 140 Å². The summed E-state index contributed by atoms with van der Waals surface area (Å²) in [6.07, 6.45) is 14.1. The molecular weight excluding hydrogens is 292 g/mol. The molecule has 3 atom stereocenters. The van der Waals surface area contributed by atoms with Crippen molar-refractivity contribution < 1.29 is 20.1 Å². The maximum Gasteiger partial charge on any atom is 0.306 e. The van der Waals surface area contributed by atoms with Crippen LogP contribution in [0.1, 0.15) is 84.0 Å². The molecule has 1 aliphatic carbocycles. The molecule has 0 aromatic rings. The minimum atomic E-state index is -1.08. The summed E-state index contributed by atoms with van der Waals surface area (Å²) in [5.74, 6) is -0.771. The Morgan fingerprint density at radius 3 is 2.65 bits per heavy atom. The van der Waals surface area contributed by atoms with Gasteiger partial charge in [-0.15, -0.1) is 0 Å². The van der Waals surface area contributed by atoms with Crippen molar-refractivity contribution in [3.63, 3.8) is 0 Å². The van der Waals surface area contributed by atoms with Crippen LogP contribution in [0.2, 0.25) is 0 Å². The van der Waals surface area contributed by atoms with Gasteiger partial charge in [-0.25, -0.2) is 0 Å². The highest BCUT2D eigenvalue weighted by Gasteiger charge is 2.35. The minimum Gasteiger partial charge on any atom is -0.481 e. The van der Waals surface area contributed by atoms with Crippen molar-refractivity contribution in [1.82, 2.24) is 0 Å². The van der Waals surface area contributed by atoms with Crippen molar-refractivity contribution in [2.24, 2.45) is 5.92 Å². The third-order valence-electron chi connectivity index (χ3n) is 4.80. The fourth-order valence-electron chi connectivity index (χ4n) is 3.51. The zero-order valence-electron chi connectivity index (χ0n) is 14.5. The topological polar surface area (TPSA) is 77.8 Å². The molecule has 134 valence electrons. The van der Waals surface area contributed by atoms with Crippen LogP contribution in [0.4, 0.5) is 0 Å². The van der Waals surface area contributed by atoms with E-state index in [9.17, 15) is 15.0 Å². The lowest BCUT2D eigenvalue weighted by Gasteiger charge is -2.34. The molecule has 4 nitrogen and oxygen atoms in total. The summed E-state index contributed by atoms with van der Waals surface area (Å²) >= 11 is 0. The predicted octanol–water partition coefficient (Wildman–Crippen LogP) is 4.05. The number of carboxylic acid groups (broad SMARTS) is 1. The van der Waals surface area contributed by atoms with E-state index in [1.807, 2.05) is 12.2 Å². The largest absolute Gasteiger partial charge is 0.481 e. The van der Waals surface area contributed by atoms with Crippen molar-refractivity contribution >= 4 is 5.97 Å². The van der Waals surface area contributed by atoms with Crippen LogP contribution in [0.3, 0.4) is 0 Å². The number of allylic oxidation sites excluding steroid dienone is 1. The predicted molar refractivity (Wildman–Crippen MR) is 92.3 cm³/mol. The second-order valence-corrected chi connectivity index (χ2v) is 7.16. The molecule has 0 bridgehead atoms. The van der Waals surface area contributed by atoms with Gasteiger partial charge in [-0.3, -0.25) is 4.79 Å². The fraction of sp³-hybridized carbons (Fsp3) is 0.842. The Morgan fingerprint density at radius 2 is 1.96 bits per heavy atom. The van der Waals surface area contributed by atoms with Crippen molar-refractivity contribution in [3.05, 3.63) is 12.2 Å². The molecule has 0 aliphatic heterocycles. The molecule has 1 saturated carbocycles. The van der Waals surface area contributed by atoms with E-state index in [-0.39, 0.29) is 12.3 Å². The number of rotatable bonds is 11. The lowest BCUT2D eigenvalue weighted by molar-refractivity contribution is -0.144. The number of unbranched alkanes of at least 4 members (excludes halogenated alkanes) is 5. The minimum absolute atomic E-state index is 0.173. The first-order chi connectivity index (χ1) is 10.9. The van der Waals surface area contributed by atoms with Crippen LogP contribution < -0.4 is 0 Å². The first-order valence-electron chi connectivity index (χ1n) is 9.26. The van der Waals surface area contributed by atoms with E-state index in [0.29, 0.717) is 12.8 Å². The highest BCUT2D eigenvalue weighted by molar-refractivity contribution is 5.68. The molecule has 1 aliphatic rings. The smallest absolute Gasteiger partial charge is 0.306 e. The van der Waals surface area contributed by atoms with E-state index in [2.05, 4.69) is 6.92 Å². The lowest BCUT2D eigenvalue weighted by atomic mass is 9.76. The molecule has 0 aromatic heterocycles. The van der Waals surface area contributed by atoms with Crippen molar-refractivity contribution in [1.29, 1.82) is 0 Å². The van der Waals surface area contributed by atoms with E-state index >= 15 is 0 Å². The SMILES string of the molecule is CCCCCCCCC(O)/C=C/[C@H]1CCC[C@](O)(CC(=O)O)C1. The number of hydrogen-bond donors (Lipinski definition) is 3. The van der Waals surface area contributed by atoms with Gasteiger partial charge in [0.1, 0.15) is 0 Å². The number of aliphatic hydroxyl groups excluding tert-OH is 1. The third kappa shape index (κ3) is 9.11. The second kappa shape index (κ2) is 10.8. The van der Waals surface area contributed by atoms with Gasteiger partial charge in [-0.05, 0) is 38.0 Å². The molecule has 1 fully saturated rings. The van der Waals surface area contributed by atoms with Crippen LogP contribution in [0.15, 0.2) is 12.2 Å². The van der Waals surface area contributed by atoms with Gasteiger partial charge in [0.25, 0.3) is 0 Å². The van der Waals surface area contributed by atoms with Gasteiger partial charge in [0.2, 0.25) is 0 Å². The van der Waals surface area contributed by atoms with Gasteiger partial charge in [0.05, 0.1) is 18.1 Å². The van der Waals surface area contributed by atoms with Gasteiger partial charge in [0, 0.05) is 0 Å². The third-order valence-corrected chi connectivity index (χ3v) is 4.80. The van der Waals surface area contributed by atoms with Crippen LogP contribution in [-0.2, 0) is 4.79 Å². The Bertz CT molecular complexity index is 366. The summed E-state index contributed by atoms with van der Waals surface area (Å²) in [5, 5.41) is 29.3. The van der Waals surface area contributed by atoms with Crippen molar-refractivity contribution in [3.8, 4) is 0 Å². The normalized spacial score (nSPS) is 26.5. The Hall–Kier alpha value is -0.870. The monoisotopic (exact) mass is 326 g/mol. The van der Waals surface area contributed by atoms with Crippen LogP contribution in [0.25, 0.3) is 0 Å². The molecular formula is C19H34O4. The van der Waals surface area contributed by atoms with Crippen LogP contribution in [0.5, 0.6) is 0 Å². The summed E-state index contributed by atoms with van der Waals surface area (Å²) in [4.78, 5) is 10.8. The number of aliphatic carboxylic acids is 1. The van der Waals surface area contributed by atoms with E-state index in [1.54, 1.807) is 0 Å². The zero-order chi connectivity index (χ0) is 17.1. The lowest BCUT2D eigenvalue weighted by Crippen LogP contribution is -2.37. The zero-order valence-corrected chi connectivity index (χ0v) is 14.5. The van der Waals surface area contributed by atoms with E-state index in [4.69, 9.17) is 5.11 Å². The van der Waals surface area contributed by atoms with E-state index < -0.39 is 17.7 Å². The Kier molecular flexibility index (Phi) is 9.49. The summed E-state index contributed by atoms with van der Waals surface area (Å²) < 4.78 is 0. The number of hydrogen-bond acceptors (Lipinski definition) is 3. The molecule has 0 amide bonds. The standard InChI is InChI=1S/C19H34O4/c1-2-3-4-5-6-7-10-17(20)12-11-16-9-8-13-19(23,14-16)15-18(21)22/h11-12,16-17,20,23H,2-10,13-15H2,1H3,(H,21,22)/b12-11+/t16-,17?,19-/m1/s1. The summed E-state index contributed by atoms with van der Waals surface area (Å²) in [6.45, 7) is 2.21. The molecule has 0 aromatic carbocycles. The molecule has 0 heterocycles. The average Bonchev–Trinajstić information content (AvgIpc) is 2.47. The van der Waals surface area contributed by atoms with Crippen LogP contribution >= 0.6 is 0 Å². The van der Waals surface area contributed by atoms with Gasteiger partial charge in [-0.1, -0.05) is 57.6 Å². The van der Waals surface area contributed by atoms with Crippen LogP contribution in [0, 0.1) is 5.92 Å². The quantitative estimate of drug-likeness (QED) is 0.395. The van der Waals surface area contributed by atoms with Gasteiger partial charge in [-0.2, -0.15) is 0 Å². The molecule has 3 N–H and O–H groups in total. The molecule has 0 radical (unpaired) electrons. The molecule has 0 spiro atoms. The first kappa shape index (κ1) is 20.2. The number of carboxylic acids is 1. The Morgan fingerprint density at radius 1 is 1.26 bits per heavy atom. The van der Waals surface area contributed by atoms with E-state index in [1.165, 1.54) is 32.1 Å². The fourth-order valence-corrected chi connectivity index (χ4v) is 3.51. The summed E-state index contributed by atoms with van der Waals surface area (Å²) in [5.41, 5.74) is -1.08. The molecule has 1 rings (SSSR count). The first-order valence-corrected chi connectivity index (χ1v) is 9.26. The Balaban J connectivity index is 2.25. The average molecular weight is 326 g/mol. The maximum atomic E-state index is 10.8. The molecule has 1 unspecified atom stereocenters. The van der Waals surface area contributed by atoms with Crippen LogP contribution in [-0.4, -0.2) is 33.0 Å². The number of carbonyl (C=O) groups is 1. The maximum absolute atomic E-state index is 10.8. The second-order valence-electron chi connectivity index (χ2n) is 7.16. The summed E-state index contributed by atoms with van der Waals surface area (Å²) in [6, 6.07) is 0. The van der Waals surface area contributed by atoms with Gasteiger partial charge < -0.3 is 15.3 Å². The van der Waals surface area contributed by atoms with Crippen molar-refractivity contribution in [2.75, 3.05) is 0 Å². The highest BCUT2D eigenvalue weighted by atomic mass is 16.4. The molecule has 0 saturated heterocycles. The van der Waals surface area contributed by atoms with E-state index in [0.717, 1.165) is 25.7 Å². The number of aliphatic hydroxyl groups is 2. The summed E-state index contributed by atoms with van der Waals surface area (Å²) in [7, 11) is 0. The molecule has 23 heavy (non-hydrogen) atoms. The van der Waals surface area contributed by atoms with Gasteiger partial charge >= 0.3 is 5.97 Å². The van der Waals surface area contributed by atoms with Gasteiger partial charge in [0.15, 0.2) is 0 Å². The van der Waals surface area contributed by atoms with Crippen molar-refractivity contribution in [2.45, 2.75) is 95.7 Å². The highest BCUT2D eigenvalue weighted by Crippen LogP contribution is 2.35.